The van der Waals surface area contributed by atoms with Gasteiger partial charge in [0.05, 0.1) is 0 Å². The molecule has 0 aromatic carbocycles. The normalized spacial score (nSPS) is 12.3. The number of unbranched alkanes of at least 4 members (excludes halogenated alkanes) is 28. The van der Waals surface area contributed by atoms with Gasteiger partial charge < -0.3 is 14.2 Å². The molecule has 0 radical (unpaired) electrons. The Morgan fingerprint density at radius 2 is 0.621 bits per heavy atom. The number of ether oxygens (including phenoxy) is 3. The average molecular weight is 815 g/mol. The molecule has 0 amide bonds. The van der Waals surface area contributed by atoms with E-state index in [1.807, 2.05) is 0 Å². The van der Waals surface area contributed by atoms with E-state index in [1.165, 1.54) is 128 Å². The maximum absolute atomic E-state index is 12.7. The molecule has 0 saturated heterocycles. The number of carbonyl (C=O) groups excluding carboxylic acids is 3. The maximum Gasteiger partial charge on any atom is 0.306 e. The van der Waals surface area contributed by atoms with Crippen molar-refractivity contribution in [1.82, 2.24) is 0 Å². The highest BCUT2D eigenvalue weighted by Gasteiger charge is 2.19. The Morgan fingerprint density at radius 3 is 0.983 bits per heavy atom. The molecule has 0 bridgehead atoms. The fourth-order valence-electron chi connectivity index (χ4n) is 7.05. The molecule has 0 aliphatic carbocycles. The summed E-state index contributed by atoms with van der Waals surface area (Å²) < 4.78 is 16.7. The third-order valence-electron chi connectivity index (χ3n) is 10.9. The van der Waals surface area contributed by atoms with Gasteiger partial charge in [-0.1, -0.05) is 198 Å². The van der Waals surface area contributed by atoms with Crippen LogP contribution in [0.4, 0.5) is 0 Å². The molecular formula is C52H94O6. The van der Waals surface area contributed by atoms with Crippen LogP contribution in [0.15, 0.2) is 36.5 Å². The third-order valence-corrected chi connectivity index (χ3v) is 10.9. The SMILES string of the molecule is CCCCCC/C=C\C/C=C\CCCCCCCC(=O)OCC(COC(=O)CCCCCCCCCCCCC)OC(=O)CCCCCCC/C=C\CCCCCC. The summed E-state index contributed by atoms with van der Waals surface area (Å²) in [4.78, 5) is 37.8. The van der Waals surface area contributed by atoms with Crippen molar-refractivity contribution < 1.29 is 28.6 Å². The molecule has 0 heterocycles. The van der Waals surface area contributed by atoms with Crippen molar-refractivity contribution in [2.45, 2.75) is 264 Å². The second kappa shape index (κ2) is 47.3. The van der Waals surface area contributed by atoms with E-state index in [0.717, 1.165) is 89.9 Å². The highest BCUT2D eigenvalue weighted by Crippen LogP contribution is 2.14. The van der Waals surface area contributed by atoms with Crippen molar-refractivity contribution in [3.8, 4) is 0 Å². The lowest BCUT2D eigenvalue weighted by Crippen LogP contribution is -2.30. The van der Waals surface area contributed by atoms with E-state index < -0.39 is 6.10 Å². The first-order valence-corrected chi connectivity index (χ1v) is 25.0. The zero-order valence-corrected chi connectivity index (χ0v) is 38.6. The van der Waals surface area contributed by atoms with E-state index in [-0.39, 0.29) is 31.1 Å². The maximum atomic E-state index is 12.7. The lowest BCUT2D eigenvalue weighted by Gasteiger charge is -2.18. The molecule has 0 aromatic rings. The van der Waals surface area contributed by atoms with Crippen LogP contribution in [0.25, 0.3) is 0 Å². The number of hydrogen-bond acceptors (Lipinski definition) is 6. The average Bonchev–Trinajstić information content (AvgIpc) is 3.22. The van der Waals surface area contributed by atoms with Gasteiger partial charge in [-0.3, -0.25) is 14.4 Å². The first-order valence-electron chi connectivity index (χ1n) is 25.0. The number of carbonyl (C=O) groups is 3. The zero-order valence-electron chi connectivity index (χ0n) is 38.6. The van der Waals surface area contributed by atoms with Gasteiger partial charge in [0.2, 0.25) is 0 Å². The molecule has 6 nitrogen and oxygen atoms in total. The lowest BCUT2D eigenvalue weighted by molar-refractivity contribution is -0.167. The topological polar surface area (TPSA) is 78.9 Å². The smallest absolute Gasteiger partial charge is 0.306 e. The summed E-state index contributed by atoms with van der Waals surface area (Å²) in [6, 6.07) is 0. The molecule has 6 heteroatoms. The predicted molar refractivity (Wildman–Crippen MR) is 247 cm³/mol. The number of allylic oxidation sites excluding steroid dienone is 6. The van der Waals surface area contributed by atoms with Crippen molar-refractivity contribution >= 4 is 17.9 Å². The fourth-order valence-corrected chi connectivity index (χ4v) is 7.05. The summed E-state index contributed by atoms with van der Waals surface area (Å²) in [5, 5.41) is 0. The summed E-state index contributed by atoms with van der Waals surface area (Å²) in [5.74, 6) is -0.895. The van der Waals surface area contributed by atoms with Crippen molar-refractivity contribution in [3.63, 3.8) is 0 Å². The second-order valence-corrected chi connectivity index (χ2v) is 16.7. The summed E-state index contributed by atoms with van der Waals surface area (Å²) >= 11 is 0. The van der Waals surface area contributed by atoms with Gasteiger partial charge in [-0.05, 0) is 77.0 Å². The monoisotopic (exact) mass is 815 g/mol. The van der Waals surface area contributed by atoms with Crippen molar-refractivity contribution in [3.05, 3.63) is 36.5 Å². The molecular weight excluding hydrogens is 721 g/mol. The number of rotatable bonds is 45. The largest absolute Gasteiger partial charge is 0.462 e. The summed E-state index contributed by atoms with van der Waals surface area (Å²) in [6.45, 7) is 6.59. The molecule has 58 heavy (non-hydrogen) atoms. The van der Waals surface area contributed by atoms with Crippen LogP contribution in [0.1, 0.15) is 258 Å². The molecule has 0 aliphatic rings. The van der Waals surface area contributed by atoms with Crippen LogP contribution in [0, 0.1) is 0 Å². The Balaban J connectivity index is 4.38. The van der Waals surface area contributed by atoms with Gasteiger partial charge in [0.25, 0.3) is 0 Å². The van der Waals surface area contributed by atoms with Gasteiger partial charge in [0, 0.05) is 19.3 Å². The summed E-state index contributed by atoms with van der Waals surface area (Å²) in [6.07, 6.45) is 54.0. The third kappa shape index (κ3) is 44.7. The Hall–Kier alpha value is -2.37. The Kier molecular flexibility index (Phi) is 45.4. The molecule has 338 valence electrons. The Labute approximate surface area is 359 Å². The van der Waals surface area contributed by atoms with Crippen LogP contribution in [-0.4, -0.2) is 37.2 Å². The van der Waals surface area contributed by atoms with E-state index >= 15 is 0 Å². The van der Waals surface area contributed by atoms with Gasteiger partial charge in [0.15, 0.2) is 6.10 Å². The Bertz CT molecular complexity index is 984. The van der Waals surface area contributed by atoms with Gasteiger partial charge in [-0.25, -0.2) is 0 Å². The first kappa shape index (κ1) is 55.6. The molecule has 1 unspecified atom stereocenters. The lowest BCUT2D eigenvalue weighted by atomic mass is 10.1. The van der Waals surface area contributed by atoms with Gasteiger partial charge in [0.1, 0.15) is 13.2 Å². The highest BCUT2D eigenvalue weighted by molar-refractivity contribution is 5.71. The van der Waals surface area contributed by atoms with Gasteiger partial charge in [-0.15, -0.1) is 0 Å². The molecule has 0 saturated carbocycles. The van der Waals surface area contributed by atoms with E-state index in [9.17, 15) is 14.4 Å². The quantitative estimate of drug-likeness (QED) is 0.0264. The highest BCUT2D eigenvalue weighted by atomic mass is 16.6. The molecule has 0 fully saturated rings. The molecule has 0 aliphatic heterocycles. The molecule has 0 aromatic heterocycles. The summed E-state index contributed by atoms with van der Waals surface area (Å²) in [7, 11) is 0. The molecule has 0 N–H and O–H groups in total. The van der Waals surface area contributed by atoms with Crippen molar-refractivity contribution in [1.29, 1.82) is 0 Å². The van der Waals surface area contributed by atoms with E-state index in [0.29, 0.717) is 19.3 Å². The minimum Gasteiger partial charge on any atom is -0.462 e. The molecule has 0 rings (SSSR count). The van der Waals surface area contributed by atoms with Crippen molar-refractivity contribution in [2.75, 3.05) is 13.2 Å². The second-order valence-electron chi connectivity index (χ2n) is 16.7. The van der Waals surface area contributed by atoms with Crippen LogP contribution in [-0.2, 0) is 28.6 Å². The zero-order chi connectivity index (χ0) is 42.3. The van der Waals surface area contributed by atoms with Gasteiger partial charge >= 0.3 is 17.9 Å². The predicted octanol–water partition coefficient (Wildman–Crippen LogP) is 16.1. The standard InChI is InChI=1S/C52H94O6/c1-4-7-10-13-16-19-22-24-25-26-28-30-33-36-39-42-45-51(54)57-48-49(47-56-50(53)44-41-38-35-32-29-21-18-15-12-9-6-3)58-52(55)46-43-40-37-34-31-27-23-20-17-14-11-8-5-2/h19-20,22-23,25-26,49H,4-18,21,24,27-48H2,1-3H3/b22-19-,23-20-,26-25-. The van der Waals surface area contributed by atoms with Crippen LogP contribution in [0.3, 0.4) is 0 Å². The minimum atomic E-state index is -0.777. The summed E-state index contributed by atoms with van der Waals surface area (Å²) in [5.41, 5.74) is 0. The van der Waals surface area contributed by atoms with E-state index in [2.05, 4.69) is 57.2 Å². The number of hydrogen-bond donors (Lipinski definition) is 0. The van der Waals surface area contributed by atoms with Crippen LogP contribution < -0.4 is 0 Å². The van der Waals surface area contributed by atoms with Crippen LogP contribution >= 0.6 is 0 Å². The molecule has 0 spiro atoms. The van der Waals surface area contributed by atoms with Crippen LogP contribution in [0.2, 0.25) is 0 Å². The van der Waals surface area contributed by atoms with Crippen LogP contribution in [0.5, 0.6) is 0 Å². The van der Waals surface area contributed by atoms with Crippen molar-refractivity contribution in [2.24, 2.45) is 0 Å². The van der Waals surface area contributed by atoms with E-state index in [4.69, 9.17) is 14.2 Å². The fraction of sp³-hybridized carbons (Fsp3) is 0.827. The Morgan fingerprint density at radius 1 is 0.345 bits per heavy atom. The first-order chi connectivity index (χ1) is 28.5. The molecule has 1 atom stereocenters. The number of esters is 3. The minimum absolute atomic E-state index is 0.0776. The van der Waals surface area contributed by atoms with E-state index in [1.54, 1.807) is 0 Å². The van der Waals surface area contributed by atoms with Gasteiger partial charge in [-0.2, -0.15) is 0 Å².